The summed E-state index contributed by atoms with van der Waals surface area (Å²) in [7, 11) is 0. The van der Waals surface area contributed by atoms with Crippen LogP contribution in [-0.2, 0) is 4.79 Å². The molecule has 0 unspecified atom stereocenters. The van der Waals surface area contributed by atoms with Gasteiger partial charge in [-0.25, -0.2) is 0 Å². The van der Waals surface area contributed by atoms with Gasteiger partial charge in [-0.2, -0.15) is 0 Å². The Hall–Kier alpha value is -3.73. The number of nitrogens with one attached hydrogen (secondary N) is 2. The molecule has 2 fully saturated rings. The summed E-state index contributed by atoms with van der Waals surface area (Å²) in [5.74, 6) is -0.418. The van der Waals surface area contributed by atoms with Gasteiger partial charge >= 0.3 is 0 Å². The van der Waals surface area contributed by atoms with Gasteiger partial charge in [-0.05, 0) is 67.9 Å². The van der Waals surface area contributed by atoms with Crippen LogP contribution in [-0.4, -0.2) is 66.0 Å². The van der Waals surface area contributed by atoms with Gasteiger partial charge < -0.3 is 20.0 Å². The fourth-order valence-corrected chi connectivity index (χ4v) is 4.80. The largest absolute Gasteiger partial charge is 0.368 e. The first-order valence-electron chi connectivity index (χ1n) is 12.1. The topological polar surface area (TPSA) is 111 Å². The first kappa shape index (κ1) is 25.4. The summed E-state index contributed by atoms with van der Waals surface area (Å²) in [6.07, 6.45) is 3.11. The van der Waals surface area contributed by atoms with E-state index in [2.05, 4.69) is 15.5 Å². The van der Waals surface area contributed by atoms with Crippen molar-refractivity contribution in [2.75, 3.05) is 54.4 Å². The summed E-state index contributed by atoms with van der Waals surface area (Å²) in [6, 6.07) is 12.2. The van der Waals surface area contributed by atoms with Crippen molar-refractivity contribution in [3.05, 3.63) is 58.1 Å². The van der Waals surface area contributed by atoms with Crippen LogP contribution in [0.5, 0.6) is 0 Å². The Bertz CT molecular complexity index is 1140. The SMILES string of the molecule is CC(=O)N1CCN(c2ccc(NC(=S)NC(=O)c3ccc(N4CCCCC4)c([N+](=O)[O-])c3)cc2)CC1. The monoisotopic (exact) mass is 510 g/mol. The Balaban J connectivity index is 1.34. The molecule has 0 saturated carbocycles. The van der Waals surface area contributed by atoms with Crippen LogP contribution in [0.3, 0.4) is 0 Å². The van der Waals surface area contributed by atoms with Gasteiger partial charge in [0.15, 0.2) is 5.11 Å². The van der Waals surface area contributed by atoms with Gasteiger partial charge in [-0.3, -0.25) is 25.0 Å². The number of carbonyl (C=O) groups is 2. The number of piperazine rings is 1. The average molecular weight is 511 g/mol. The average Bonchev–Trinajstić information content (AvgIpc) is 2.89. The zero-order valence-electron chi connectivity index (χ0n) is 20.2. The van der Waals surface area contributed by atoms with Crippen LogP contribution in [0, 0.1) is 10.1 Å². The number of amides is 2. The van der Waals surface area contributed by atoms with Crippen LogP contribution in [0.25, 0.3) is 0 Å². The lowest BCUT2D eigenvalue weighted by molar-refractivity contribution is -0.384. The van der Waals surface area contributed by atoms with Crippen LogP contribution in [0.1, 0.15) is 36.5 Å². The van der Waals surface area contributed by atoms with E-state index in [0.717, 1.165) is 51.1 Å². The lowest BCUT2D eigenvalue weighted by Gasteiger charge is -2.35. The molecule has 0 spiro atoms. The number of anilines is 3. The summed E-state index contributed by atoms with van der Waals surface area (Å²) in [6.45, 7) is 6.06. The second-order valence-corrected chi connectivity index (χ2v) is 9.36. The first-order valence-corrected chi connectivity index (χ1v) is 12.5. The molecule has 2 aromatic carbocycles. The van der Waals surface area contributed by atoms with Gasteiger partial charge in [-0.1, -0.05) is 0 Å². The fourth-order valence-electron chi connectivity index (χ4n) is 4.59. The molecule has 4 rings (SSSR count). The summed E-state index contributed by atoms with van der Waals surface area (Å²) < 4.78 is 0. The molecule has 0 atom stereocenters. The molecule has 0 bridgehead atoms. The van der Waals surface area contributed by atoms with E-state index in [0.29, 0.717) is 24.5 Å². The van der Waals surface area contributed by atoms with E-state index >= 15 is 0 Å². The van der Waals surface area contributed by atoms with E-state index in [1.807, 2.05) is 34.1 Å². The quantitative estimate of drug-likeness (QED) is 0.358. The summed E-state index contributed by atoms with van der Waals surface area (Å²) in [5, 5.41) is 17.4. The van der Waals surface area contributed by atoms with Crippen molar-refractivity contribution in [1.82, 2.24) is 10.2 Å². The summed E-state index contributed by atoms with van der Waals surface area (Å²) >= 11 is 5.29. The van der Waals surface area contributed by atoms with Gasteiger partial charge in [-0.15, -0.1) is 0 Å². The molecule has 2 aliphatic heterocycles. The van der Waals surface area contributed by atoms with Gasteiger partial charge in [0.2, 0.25) is 5.91 Å². The van der Waals surface area contributed by atoms with Crippen LogP contribution in [0.15, 0.2) is 42.5 Å². The van der Waals surface area contributed by atoms with Gasteiger partial charge in [0.1, 0.15) is 5.69 Å². The molecule has 2 N–H and O–H groups in total. The molecule has 0 aliphatic carbocycles. The van der Waals surface area contributed by atoms with Crippen molar-refractivity contribution >= 4 is 51.9 Å². The smallest absolute Gasteiger partial charge is 0.293 e. The van der Waals surface area contributed by atoms with Gasteiger partial charge in [0.25, 0.3) is 11.6 Å². The number of hydrogen-bond donors (Lipinski definition) is 2. The molecule has 2 amide bonds. The van der Waals surface area contributed by atoms with E-state index in [-0.39, 0.29) is 22.3 Å². The van der Waals surface area contributed by atoms with E-state index in [1.54, 1.807) is 19.1 Å². The minimum absolute atomic E-state index is 0.0804. The van der Waals surface area contributed by atoms with Crippen molar-refractivity contribution in [1.29, 1.82) is 0 Å². The molecule has 36 heavy (non-hydrogen) atoms. The number of rotatable bonds is 5. The maximum atomic E-state index is 12.7. The molecule has 2 aromatic rings. The third-order valence-electron chi connectivity index (χ3n) is 6.57. The highest BCUT2D eigenvalue weighted by Crippen LogP contribution is 2.31. The Kier molecular flexibility index (Phi) is 7.99. The number of thiocarbonyl (C=S) groups is 1. The molecule has 10 nitrogen and oxygen atoms in total. The standard InChI is InChI=1S/C25H30N6O4S/c1-18(32)28-13-15-29(16-14-28)21-8-6-20(7-9-21)26-25(36)27-24(33)19-5-10-22(23(17-19)31(34)35)30-11-3-2-4-12-30/h5-10,17H,2-4,11-16H2,1H3,(H2,26,27,33,36). The van der Waals surface area contributed by atoms with Gasteiger partial charge in [0.05, 0.1) is 4.92 Å². The third kappa shape index (κ3) is 6.09. The predicted molar refractivity (Wildman–Crippen MR) is 144 cm³/mol. The van der Waals surface area contributed by atoms with Crippen molar-refractivity contribution in [3.8, 4) is 0 Å². The van der Waals surface area contributed by atoms with Crippen LogP contribution in [0.2, 0.25) is 0 Å². The van der Waals surface area contributed by atoms with E-state index in [4.69, 9.17) is 12.2 Å². The fraction of sp³-hybridized carbons (Fsp3) is 0.400. The lowest BCUT2D eigenvalue weighted by atomic mass is 10.1. The second-order valence-electron chi connectivity index (χ2n) is 8.96. The van der Waals surface area contributed by atoms with Crippen LogP contribution >= 0.6 is 12.2 Å². The maximum Gasteiger partial charge on any atom is 0.293 e. The highest BCUT2D eigenvalue weighted by atomic mass is 32.1. The predicted octanol–water partition coefficient (Wildman–Crippen LogP) is 3.38. The molecule has 2 aliphatic rings. The molecule has 2 saturated heterocycles. The van der Waals surface area contributed by atoms with Crippen molar-refractivity contribution in [2.24, 2.45) is 0 Å². The number of nitro groups is 1. The van der Waals surface area contributed by atoms with Crippen molar-refractivity contribution in [3.63, 3.8) is 0 Å². The number of hydrogen-bond acceptors (Lipinski definition) is 7. The Morgan fingerprint density at radius 1 is 0.917 bits per heavy atom. The minimum Gasteiger partial charge on any atom is -0.368 e. The molecule has 0 radical (unpaired) electrons. The number of piperidine rings is 1. The van der Waals surface area contributed by atoms with E-state index in [9.17, 15) is 19.7 Å². The Labute approximate surface area is 215 Å². The van der Waals surface area contributed by atoms with Crippen molar-refractivity contribution in [2.45, 2.75) is 26.2 Å². The molecule has 190 valence electrons. The maximum absolute atomic E-state index is 12.7. The number of nitrogens with zero attached hydrogens (tertiary/aromatic N) is 4. The first-order chi connectivity index (χ1) is 17.3. The highest BCUT2D eigenvalue weighted by molar-refractivity contribution is 7.80. The third-order valence-corrected chi connectivity index (χ3v) is 6.78. The normalized spacial score (nSPS) is 15.9. The number of benzene rings is 2. The van der Waals surface area contributed by atoms with Crippen molar-refractivity contribution < 1.29 is 14.5 Å². The van der Waals surface area contributed by atoms with E-state index < -0.39 is 10.8 Å². The molecular formula is C25H30N6O4S. The lowest BCUT2D eigenvalue weighted by Crippen LogP contribution is -2.48. The Morgan fingerprint density at radius 2 is 1.58 bits per heavy atom. The molecule has 0 aromatic heterocycles. The molecular weight excluding hydrogens is 480 g/mol. The molecule has 11 heteroatoms. The summed E-state index contributed by atoms with van der Waals surface area (Å²) in [4.78, 5) is 41.5. The highest BCUT2D eigenvalue weighted by Gasteiger charge is 2.23. The zero-order valence-corrected chi connectivity index (χ0v) is 21.1. The van der Waals surface area contributed by atoms with Crippen LogP contribution < -0.4 is 20.4 Å². The zero-order chi connectivity index (χ0) is 25.7. The van der Waals surface area contributed by atoms with E-state index in [1.165, 1.54) is 6.07 Å². The second kappa shape index (κ2) is 11.3. The van der Waals surface area contributed by atoms with Gasteiger partial charge in [0, 0.05) is 69.2 Å². The van der Waals surface area contributed by atoms with Crippen LogP contribution in [0.4, 0.5) is 22.7 Å². The number of nitro benzene ring substituents is 1. The Morgan fingerprint density at radius 3 is 2.19 bits per heavy atom. The summed E-state index contributed by atoms with van der Waals surface area (Å²) in [5.41, 5.74) is 2.38. The minimum atomic E-state index is -0.513. The number of carbonyl (C=O) groups excluding carboxylic acids is 2. The molecule has 2 heterocycles.